The second-order valence-corrected chi connectivity index (χ2v) is 5.29. The molecule has 0 radical (unpaired) electrons. The predicted molar refractivity (Wildman–Crippen MR) is 94.0 cm³/mol. The average molecular weight is 327 g/mol. The van der Waals surface area contributed by atoms with Gasteiger partial charge >= 0.3 is 6.03 Å². The average Bonchev–Trinajstić information content (AvgIpc) is 2.57. The van der Waals surface area contributed by atoms with Crippen molar-refractivity contribution in [3.63, 3.8) is 0 Å². The normalized spacial score (nSPS) is 11.4. The van der Waals surface area contributed by atoms with Crippen LogP contribution < -0.4 is 16.0 Å². The molecule has 0 bridgehead atoms. The lowest BCUT2D eigenvalue weighted by molar-refractivity contribution is -0.119. The van der Waals surface area contributed by atoms with Gasteiger partial charge in [-0.25, -0.2) is 4.79 Å². The van der Waals surface area contributed by atoms with E-state index >= 15 is 0 Å². The van der Waals surface area contributed by atoms with E-state index in [1.165, 1.54) is 7.11 Å². The molecule has 1 atom stereocenters. The standard InChI is InChI=1S/C18H21N3O3/c1-13(14-6-4-3-5-7-14)19-18(23)21-16-10-8-15(9-11-16)20-17(22)12-24-2/h3-11,13H,12H2,1-2H3,(H,20,22)(H2,19,21,23)/t13-/m0/s1. The maximum absolute atomic E-state index is 12.0. The minimum absolute atomic E-state index is 0.000217. The Hall–Kier alpha value is -2.86. The van der Waals surface area contributed by atoms with Gasteiger partial charge in [0.05, 0.1) is 6.04 Å². The van der Waals surface area contributed by atoms with E-state index in [9.17, 15) is 9.59 Å². The molecule has 0 aliphatic rings. The van der Waals surface area contributed by atoms with Gasteiger partial charge in [0, 0.05) is 18.5 Å². The van der Waals surface area contributed by atoms with Gasteiger partial charge in [-0.2, -0.15) is 0 Å². The summed E-state index contributed by atoms with van der Waals surface area (Å²) < 4.78 is 4.75. The number of carbonyl (C=O) groups is 2. The number of rotatable bonds is 6. The molecule has 0 unspecified atom stereocenters. The van der Waals surface area contributed by atoms with Gasteiger partial charge in [-0.15, -0.1) is 0 Å². The van der Waals surface area contributed by atoms with Crippen LogP contribution in [-0.2, 0) is 9.53 Å². The molecule has 0 saturated carbocycles. The third-order valence-electron chi connectivity index (χ3n) is 3.35. The first-order valence-electron chi connectivity index (χ1n) is 7.60. The number of hydrogen-bond donors (Lipinski definition) is 3. The molecule has 126 valence electrons. The Morgan fingerprint density at radius 2 is 1.54 bits per heavy atom. The Labute approximate surface area is 141 Å². The minimum Gasteiger partial charge on any atom is -0.375 e. The van der Waals surface area contributed by atoms with E-state index in [4.69, 9.17) is 4.74 Å². The van der Waals surface area contributed by atoms with E-state index in [-0.39, 0.29) is 24.6 Å². The molecule has 3 amide bonds. The van der Waals surface area contributed by atoms with E-state index in [1.807, 2.05) is 37.3 Å². The highest BCUT2D eigenvalue weighted by Crippen LogP contribution is 2.15. The third-order valence-corrected chi connectivity index (χ3v) is 3.35. The maximum Gasteiger partial charge on any atom is 0.319 e. The second-order valence-electron chi connectivity index (χ2n) is 5.29. The molecule has 6 nitrogen and oxygen atoms in total. The van der Waals surface area contributed by atoms with Crippen molar-refractivity contribution in [2.45, 2.75) is 13.0 Å². The number of amides is 3. The molecule has 2 aromatic carbocycles. The van der Waals surface area contributed by atoms with Crippen molar-refractivity contribution in [2.75, 3.05) is 24.4 Å². The number of nitrogens with one attached hydrogen (secondary N) is 3. The monoisotopic (exact) mass is 327 g/mol. The van der Waals surface area contributed by atoms with Gasteiger partial charge in [-0.1, -0.05) is 30.3 Å². The molecule has 0 aliphatic carbocycles. The van der Waals surface area contributed by atoms with Crippen molar-refractivity contribution in [2.24, 2.45) is 0 Å². The summed E-state index contributed by atoms with van der Waals surface area (Å²) in [4.78, 5) is 23.5. The van der Waals surface area contributed by atoms with Crippen LogP contribution in [0.3, 0.4) is 0 Å². The van der Waals surface area contributed by atoms with Crippen molar-refractivity contribution in [1.82, 2.24) is 5.32 Å². The highest BCUT2D eigenvalue weighted by molar-refractivity contribution is 5.93. The van der Waals surface area contributed by atoms with Crippen LogP contribution in [0.25, 0.3) is 0 Å². The fourth-order valence-corrected chi connectivity index (χ4v) is 2.15. The van der Waals surface area contributed by atoms with E-state index in [0.29, 0.717) is 11.4 Å². The molecular weight excluding hydrogens is 306 g/mol. The number of methoxy groups -OCH3 is 1. The lowest BCUT2D eigenvalue weighted by atomic mass is 10.1. The van der Waals surface area contributed by atoms with Crippen LogP contribution in [0.5, 0.6) is 0 Å². The Bertz CT molecular complexity index is 672. The molecule has 0 heterocycles. The molecule has 0 aromatic heterocycles. The summed E-state index contributed by atoms with van der Waals surface area (Å²) in [5.74, 6) is -0.229. The third kappa shape index (κ3) is 5.40. The van der Waals surface area contributed by atoms with Crippen LogP contribution in [0, 0.1) is 0 Å². The largest absolute Gasteiger partial charge is 0.375 e. The topological polar surface area (TPSA) is 79.5 Å². The van der Waals surface area contributed by atoms with E-state index in [2.05, 4.69) is 16.0 Å². The summed E-state index contributed by atoms with van der Waals surface area (Å²) in [6, 6.07) is 16.2. The van der Waals surface area contributed by atoms with E-state index < -0.39 is 0 Å². The van der Waals surface area contributed by atoms with Crippen molar-refractivity contribution >= 4 is 23.3 Å². The SMILES string of the molecule is COCC(=O)Nc1ccc(NC(=O)N[C@@H](C)c2ccccc2)cc1. The molecule has 24 heavy (non-hydrogen) atoms. The zero-order valence-electron chi connectivity index (χ0n) is 13.7. The lowest BCUT2D eigenvalue weighted by Gasteiger charge is -2.15. The molecule has 0 fully saturated rings. The number of benzene rings is 2. The van der Waals surface area contributed by atoms with Crippen molar-refractivity contribution < 1.29 is 14.3 Å². The lowest BCUT2D eigenvalue weighted by Crippen LogP contribution is -2.31. The summed E-state index contributed by atoms with van der Waals surface area (Å²) in [5.41, 5.74) is 2.31. The molecular formula is C18H21N3O3. The Kier molecular flexibility index (Phi) is 6.33. The molecule has 0 spiro atoms. The van der Waals surface area contributed by atoms with Crippen LogP contribution in [0.4, 0.5) is 16.2 Å². The first-order valence-corrected chi connectivity index (χ1v) is 7.60. The molecule has 0 aliphatic heterocycles. The van der Waals surface area contributed by atoms with Crippen molar-refractivity contribution in [3.8, 4) is 0 Å². The first kappa shape index (κ1) is 17.5. The van der Waals surface area contributed by atoms with E-state index in [0.717, 1.165) is 5.56 Å². The fraction of sp³-hybridized carbons (Fsp3) is 0.222. The molecule has 0 saturated heterocycles. The van der Waals surface area contributed by atoms with E-state index in [1.54, 1.807) is 24.3 Å². The Morgan fingerprint density at radius 3 is 2.12 bits per heavy atom. The fourth-order valence-electron chi connectivity index (χ4n) is 2.15. The van der Waals surface area contributed by atoms with Gasteiger partial charge in [0.2, 0.25) is 5.91 Å². The maximum atomic E-state index is 12.0. The molecule has 6 heteroatoms. The smallest absolute Gasteiger partial charge is 0.319 e. The number of carbonyl (C=O) groups excluding carboxylic acids is 2. The number of urea groups is 1. The highest BCUT2D eigenvalue weighted by atomic mass is 16.5. The second kappa shape index (κ2) is 8.69. The van der Waals surface area contributed by atoms with Gasteiger partial charge in [0.1, 0.15) is 6.61 Å². The summed E-state index contributed by atoms with van der Waals surface area (Å²) in [6.07, 6.45) is 0. The van der Waals surface area contributed by atoms with Crippen LogP contribution >= 0.6 is 0 Å². The molecule has 3 N–H and O–H groups in total. The highest BCUT2D eigenvalue weighted by Gasteiger charge is 2.09. The minimum atomic E-state index is -0.289. The quantitative estimate of drug-likeness (QED) is 0.762. The van der Waals surface area contributed by atoms with Gasteiger partial charge in [-0.05, 0) is 36.8 Å². The van der Waals surface area contributed by atoms with Crippen molar-refractivity contribution in [1.29, 1.82) is 0 Å². The number of hydrogen-bond acceptors (Lipinski definition) is 3. The summed E-state index contributed by atoms with van der Waals surface area (Å²) >= 11 is 0. The summed E-state index contributed by atoms with van der Waals surface area (Å²) in [5, 5.41) is 8.32. The van der Waals surface area contributed by atoms with Gasteiger partial charge in [0.15, 0.2) is 0 Å². The Balaban J connectivity index is 1.86. The Morgan fingerprint density at radius 1 is 0.958 bits per heavy atom. The number of anilines is 2. The first-order chi connectivity index (χ1) is 11.6. The van der Waals surface area contributed by atoms with Gasteiger partial charge in [0.25, 0.3) is 0 Å². The van der Waals surface area contributed by atoms with Crippen molar-refractivity contribution in [3.05, 3.63) is 60.2 Å². The van der Waals surface area contributed by atoms with Gasteiger partial charge in [-0.3, -0.25) is 4.79 Å². The summed E-state index contributed by atoms with van der Waals surface area (Å²) in [7, 11) is 1.46. The van der Waals surface area contributed by atoms with Crippen LogP contribution in [0.1, 0.15) is 18.5 Å². The summed E-state index contributed by atoms with van der Waals surface area (Å²) in [6.45, 7) is 1.92. The van der Waals surface area contributed by atoms with Crippen LogP contribution in [0.2, 0.25) is 0 Å². The molecule has 2 rings (SSSR count). The van der Waals surface area contributed by atoms with Gasteiger partial charge < -0.3 is 20.7 Å². The zero-order chi connectivity index (χ0) is 17.4. The predicted octanol–water partition coefficient (Wildman–Crippen LogP) is 3.15. The zero-order valence-corrected chi connectivity index (χ0v) is 13.7. The molecule has 2 aromatic rings. The van der Waals surface area contributed by atoms with Crippen LogP contribution in [-0.4, -0.2) is 25.7 Å². The van der Waals surface area contributed by atoms with Crippen LogP contribution in [0.15, 0.2) is 54.6 Å². The number of ether oxygens (including phenoxy) is 1.